The van der Waals surface area contributed by atoms with Crippen LogP contribution in [0.2, 0.25) is 0 Å². The van der Waals surface area contributed by atoms with E-state index in [1.165, 1.54) is 6.33 Å². The van der Waals surface area contributed by atoms with Crippen molar-refractivity contribution >= 4 is 16.9 Å². The number of hydrogen-bond acceptors (Lipinski definition) is 8. The minimum absolute atomic E-state index is 0.0989. The molecule has 27 heavy (non-hydrogen) atoms. The molecule has 4 heterocycles. The van der Waals surface area contributed by atoms with Crippen LogP contribution < -0.4 is 5.73 Å². The first-order valence-corrected chi connectivity index (χ1v) is 8.91. The van der Waals surface area contributed by atoms with Crippen LogP contribution in [0.15, 0.2) is 29.3 Å². The highest BCUT2D eigenvalue weighted by molar-refractivity contribution is 6.00. The maximum atomic E-state index is 6.18. The fraction of sp³-hybridized carbons (Fsp3) is 0.333. The Morgan fingerprint density at radius 3 is 2.59 bits per heavy atom. The number of nitrogens with zero attached hydrogens (tertiary/aromatic N) is 7. The van der Waals surface area contributed by atoms with Crippen molar-refractivity contribution in [3.05, 3.63) is 30.5 Å². The number of anilines is 1. The molecule has 0 amide bonds. The van der Waals surface area contributed by atoms with Crippen LogP contribution in [0, 0.1) is 0 Å². The summed E-state index contributed by atoms with van der Waals surface area (Å²) in [5, 5.41) is 9.77. The van der Waals surface area contributed by atoms with E-state index in [4.69, 9.17) is 15.4 Å². The van der Waals surface area contributed by atoms with Gasteiger partial charge in [-0.2, -0.15) is 5.10 Å². The third-order valence-electron chi connectivity index (χ3n) is 4.69. The van der Waals surface area contributed by atoms with Gasteiger partial charge in [0.25, 0.3) is 0 Å². The summed E-state index contributed by atoms with van der Waals surface area (Å²) in [6.45, 7) is 4.07. The van der Waals surface area contributed by atoms with Gasteiger partial charge in [-0.3, -0.25) is 0 Å². The smallest absolute Gasteiger partial charge is 0.165 e. The molecule has 5 rings (SSSR count). The van der Waals surface area contributed by atoms with E-state index in [-0.39, 0.29) is 6.04 Å². The SMILES string of the molecule is CC(C)n1nc(-c2noc(C3CC3)c2-c2ncccn2)c2c(N)ncnc21. The molecule has 1 saturated carbocycles. The van der Waals surface area contributed by atoms with Crippen LogP contribution >= 0.6 is 0 Å². The van der Waals surface area contributed by atoms with Crippen LogP contribution in [0.1, 0.15) is 44.4 Å². The Labute approximate surface area is 154 Å². The molecule has 0 unspecified atom stereocenters. The maximum absolute atomic E-state index is 6.18. The van der Waals surface area contributed by atoms with Gasteiger partial charge >= 0.3 is 0 Å². The van der Waals surface area contributed by atoms with Crippen molar-refractivity contribution in [2.24, 2.45) is 0 Å². The summed E-state index contributed by atoms with van der Waals surface area (Å²) in [5.74, 6) is 2.08. The molecular weight excluding hydrogens is 344 g/mol. The third-order valence-corrected chi connectivity index (χ3v) is 4.69. The van der Waals surface area contributed by atoms with Gasteiger partial charge in [0, 0.05) is 24.4 Å². The van der Waals surface area contributed by atoms with E-state index >= 15 is 0 Å². The molecule has 9 nitrogen and oxygen atoms in total. The predicted molar refractivity (Wildman–Crippen MR) is 98.6 cm³/mol. The molecule has 0 spiro atoms. The molecule has 4 aromatic rings. The molecule has 4 aromatic heterocycles. The van der Waals surface area contributed by atoms with Gasteiger partial charge in [0.15, 0.2) is 17.2 Å². The molecule has 0 atom stereocenters. The summed E-state index contributed by atoms with van der Waals surface area (Å²) < 4.78 is 7.55. The highest BCUT2D eigenvalue weighted by Gasteiger charge is 2.35. The van der Waals surface area contributed by atoms with Crippen LogP contribution in [0.5, 0.6) is 0 Å². The first-order chi connectivity index (χ1) is 13.1. The van der Waals surface area contributed by atoms with Crippen molar-refractivity contribution in [3.63, 3.8) is 0 Å². The summed E-state index contributed by atoms with van der Waals surface area (Å²) in [6, 6.07) is 1.88. The fourth-order valence-corrected chi connectivity index (χ4v) is 3.25. The van der Waals surface area contributed by atoms with Crippen molar-refractivity contribution in [2.45, 2.75) is 38.6 Å². The average Bonchev–Trinajstić information content (AvgIpc) is 3.29. The van der Waals surface area contributed by atoms with Crippen molar-refractivity contribution < 1.29 is 4.52 Å². The Hall–Kier alpha value is -3.36. The Balaban J connectivity index is 1.82. The summed E-state index contributed by atoms with van der Waals surface area (Å²) >= 11 is 0. The second-order valence-electron chi connectivity index (χ2n) is 6.96. The average molecular weight is 362 g/mol. The number of rotatable bonds is 4. The third kappa shape index (κ3) is 2.46. The molecule has 0 radical (unpaired) electrons. The van der Waals surface area contributed by atoms with E-state index < -0.39 is 0 Å². The molecule has 9 heteroatoms. The standard InChI is InChI=1S/C18H18N8O/c1-9(2)26-18-12(16(19)22-8-23-18)13(24-26)14-11(17-20-6-3-7-21-17)15(27-25-14)10-4-5-10/h3,6-10H,4-5H2,1-2H3,(H2,19,22,23). The Morgan fingerprint density at radius 1 is 1.11 bits per heavy atom. The van der Waals surface area contributed by atoms with E-state index in [2.05, 4.69) is 25.1 Å². The number of aromatic nitrogens is 7. The fourth-order valence-electron chi connectivity index (χ4n) is 3.25. The van der Waals surface area contributed by atoms with Gasteiger partial charge in [-0.05, 0) is 32.8 Å². The zero-order valence-electron chi connectivity index (χ0n) is 15.0. The monoisotopic (exact) mass is 362 g/mol. The highest BCUT2D eigenvalue weighted by Crippen LogP contribution is 2.47. The molecule has 136 valence electrons. The Morgan fingerprint density at radius 2 is 1.89 bits per heavy atom. The van der Waals surface area contributed by atoms with Gasteiger partial charge < -0.3 is 10.3 Å². The van der Waals surface area contributed by atoms with Gasteiger partial charge in [-0.1, -0.05) is 5.16 Å². The molecule has 1 fully saturated rings. The van der Waals surface area contributed by atoms with Crippen LogP contribution in [0.4, 0.5) is 5.82 Å². The number of hydrogen-bond donors (Lipinski definition) is 1. The number of fused-ring (bicyclic) bond motifs is 1. The molecule has 2 N–H and O–H groups in total. The van der Waals surface area contributed by atoms with Crippen LogP contribution in [-0.2, 0) is 0 Å². The van der Waals surface area contributed by atoms with Gasteiger partial charge in [0.1, 0.15) is 23.5 Å². The Kier molecular flexibility index (Phi) is 3.43. The van der Waals surface area contributed by atoms with E-state index in [0.717, 1.165) is 24.2 Å². The molecule has 0 aromatic carbocycles. The van der Waals surface area contributed by atoms with E-state index in [1.54, 1.807) is 18.5 Å². The van der Waals surface area contributed by atoms with Crippen LogP contribution in [0.25, 0.3) is 33.8 Å². The maximum Gasteiger partial charge on any atom is 0.165 e. The lowest BCUT2D eigenvalue weighted by molar-refractivity contribution is 0.386. The zero-order chi connectivity index (χ0) is 18.5. The first-order valence-electron chi connectivity index (χ1n) is 8.91. The topological polar surface area (TPSA) is 121 Å². The molecular formula is C18H18N8O. The molecule has 0 bridgehead atoms. The molecule has 1 aliphatic rings. The van der Waals surface area contributed by atoms with E-state index in [1.807, 2.05) is 18.5 Å². The summed E-state index contributed by atoms with van der Waals surface area (Å²) in [7, 11) is 0. The second-order valence-corrected chi connectivity index (χ2v) is 6.96. The number of nitrogens with two attached hydrogens (primary N) is 1. The van der Waals surface area contributed by atoms with Crippen molar-refractivity contribution in [1.29, 1.82) is 0 Å². The number of nitrogen functional groups attached to an aromatic ring is 1. The quantitative estimate of drug-likeness (QED) is 0.588. The zero-order valence-corrected chi connectivity index (χ0v) is 15.0. The minimum atomic E-state index is 0.0989. The summed E-state index contributed by atoms with van der Waals surface area (Å²) in [4.78, 5) is 17.4. The van der Waals surface area contributed by atoms with Gasteiger partial charge in [0.05, 0.1) is 10.9 Å². The largest absolute Gasteiger partial charge is 0.383 e. The van der Waals surface area contributed by atoms with Crippen LogP contribution in [0.3, 0.4) is 0 Å². The molecule has 0 aliphatic heterocycles. The first kappa shape index (κ1) is 15.9. The van der Waals surface area contributed by atoms with Crippen molar-refractivity contribution in [2.75, 3.05) is 5.73 Å². The lowest BCUT2D eigenvalue weighted by atomic mass is 10.1. The normalized spacial score (nSPS) is 14.3. The van der Waals surface area contributed by atoms with Gasteiger partial charge in [-0.15, -0.1) is 0 Å². The van der Waals surface area contributed by atoms with Gasteiger partial charge in [-0.25, -0.2) is 24.6 Å². The second kappa shape index (κ2) is 5.83. The molecule has 0 saturated heterocycles. The van der Waals surface area contributed by atoms with E-state index in [9.17, 15) is 0 Å². The van der Waals surface area contributed by atoms with Gasteiger partial charge in [0.2, 0.25) is 0 Å². The predicted octanol–water partition coefficient (Wildman–Crippen LogP) is 2.98. The summed E-state index contributed by atoms with van der Waals surface area (Å²) in [6.07, 6.45) is 7.00. The lowest BCUT2D eigenvalue weighted by Gasteiger charge is -2.05. The minimum Gasteiger partial charge on any atom is -0.383 e. The van der Waals surface area contributed by atoms with E-state index in [0.29, 0.717) is 40.0 Å². The van der Waals surface area contributed by atoms with Crippen molar-refractivity contribution in [3.8, 4) is 22.8 Å². The summed E-state index contributed by atoms with van der Waals surface area (Å²) in [5.41, 5.74) is 8.80. The molecule has 1 aliphatic carbocycles. The van der Waals surface area contributed by atoms with Crippen molar-refractivity contribution in [1.82, 2.24) is 34.9 Å². The Bertz CT molecular complexity index is 1130. The lowest BCUT2D eigenvalue weighted by Crippen LogP contribution is -2.04. The van der Waals surface area contributed by atoms with Crippen LogP contribution in [-0.4, -0.2) is 34.9 Å². The highest BCUT2D eigenvalue weighted by atomic mass is 16.5.